The molecule has 2 rings (SSSR count). The molecule has 0 saturated heterocycles. The topological polar surface area (TPSA) is 38.7 Å². The van der Waals surface area contributed by atoms with E-state index in [1.54, 1.807) is 12.4 Å². The number of hydrogen-bond acceptors (Lipinski definition) is 3. The molecule has 0 radical (unpaired) electrons. The van der Waals surface area contributed by atoms with Gasteiger partial charge in [0.2, 0.25) is 0 Å². The van der Waals surface area contributed by atoms with Gasteiger partial charge in [-0.3, -0.25) is 4.98 Å². The zero-order chi connectivity index (χ0) is 14.2. The molecule has 0 aliphatic heterocycles. The molecule has 0 aliphatic rings. The molecule has 2 heterocycles. The third kappa shape index (κ3) is 3.05. The van der Waals surface area contributed by atoms with E-state index in [2.05, 4.69) is 53.3 Å². The predicted octanol–water partition coefficient (Wildman–Crippen LogP) is 4.40. The average Bonchev–Trinajstić information content (AvgIpc) is 2.31. The van der Waals surface area contributed by atoms with Crippen LogP contribution < -0.4 is 0 Å². The Morgan fingerprint density at radius 1 is 1.21 bits per heavy atom. The third-order valence-corrected chi connectivity index (χ3v) is 4.42. The van der Waals surface area contributed by atoms with E-state index in [0.717, 1.165) is 20.4 Å². The van der Waals surface area contributed by atoms with E-state index in [0.29, 0.717) is 11.0 Å². The second-order valence-corrected chi connectivity index (χ2v) is 6.88. The van der Waals surface area contributed by atoms with Crippen LogP contribution in [0.1, 0.15) is 32.0 Å². The van der Waals surface area contributed by atoms with Crippen LogP contribution in [0.4, 0.5) is 0 Å². The molecule has 0 amide bonds. The van der Waals surface area contributed by atoms with Crippen molar-refractivity contribution < 1.29 is 0 Å². The van der Waals surface area contributed by atoms with Crippen LogP contribution in [0.5, 0.6) is 0 Å². The molecule has 0 aliphatic carbocycles. The van der Waals surface area contributed by atoms with Crippen molar-refractivity contribution in [3.8, 4) is 11.4 Å². The molecule has 2 aromatic heterocycles. The lowest BCUT2D eigenvalue weighted by atomic mass is 9.92. The van der Waals surface area contributed by atoms with Crippen LogP contribution in [0.15, 0.2) is 18.5 Å². The molecule has 0 aromatic carbocycles. The molecule has 0 unspecified atom stereocenters. The lowest BCUT2D eigenvalue weighted by Gasteiger charge is -2.20. The van der Waals surface area contributed by atoms with Gasteiger partial charge in [0.1, 0.15) is 5.15 Å². The highest BCUT2D eigenvalue weighted by molar-refractivity contribution is 14.1. The smallest absolute Gasteiger partial charge is 0.163 e. The fourth-order valence-electron chi connectivity index (χ4n) is 1.74. The summed E-state index contributed by atoms with van der Waals surface area (Å²) in [4.78, 5) is 13.2. The molecule has 5 heteroatoms. The molecule has 100 valence electrons. The minimum Gasteiger partial charge on any atom is -0.264 e. The first-order valence-electron chi connectivity index (χ1n) is 5.95. The summed E-state index contributed by atoms with van der Waals surface area (Å²) in [5.74, 6) is 0.640. The number of hydrogen-bond donors (Lipinski definition) is 0. The van der Waals surface area contributed by atoms with Crippen LogP contribution in [0.3, 0.4) is 0 Å². The standard InChI is InChI=1S/C14H15ClIN3/c1-8-5-6-17-7-9(8)13-18-11(14(2,3)4)10(16)12(15)19-13/h5-7H,1-4H3. The Labute approximate surface area is 132 Å². The van der Waals surface area contributed by atoms with Crippen LogP contribution in [-0.4, -0.2) is 15.0 Å². The first-order chi connectivity index (χ1) is 8.80. The van der Waals surface area contributed by atoms with Crippen molar-refractivity contribution in [2.75, 3.05) is 0 Å². The second kappa shape index (κ2) is 5.32. The zero-order valence-corrected chi connectivity index (χ0v) is 14.2. The fourth-order valence-corrected chi connectivity index (χ4v) is 2.96. The van der Waals surface area contributed by atoms with Crippen molar-refractivity contribution in [3.63, 3.8) is 0 Å². The molecular formula is C14H15ClIN3. The summed E-state index contributed by atoms with van der Waals surface area (Å²) in [6, 6.07) is 1.95. The second-order valence-electron chi connectivity index (χ2n) is 5.44. The van der Waals surface area contributed by atoms with Crippen LogP contribution >= 0.6 is 34.2 Å². The highest BCUT2D eigenvalue weighted by Crippen LogP contribution is 2.31. The molecular weight excluding hydrogens is 373 g/mol. The number of rotatable bonds is 1. The SMILES string of the molecule is Cc1ccncc1-c1nc(Cl)c(I)c(C(C)(C)C)n1. The van der Waals surface area contributed by atoms with Crippen molar-refractivity contribution >= 4 is 34.2 Å². The van der Waals surface area contributed by atoms with Gasteiger partial charge in [0, 0.05) is 23.4 Å². The van der Waals surface area contributed by atoms with Crippen molar-refractivity contribution in [3.05, 3.63) is 38.4 Å². The van der Waals surface area contributed by atoms with Crippen molar-refractivity contribution in [1.29, 1.82) is 0 Å². The summed E-state index contributed by atoms with van der Waals surface area (Å²) in [5.41, 5.74) is 2.90. The van der Waals surface area contributed by atoms with Crippen LogP contribution in [-0.2, 0) is 5.41 Å². The van der Waals surface area contributed by atoms with Crippen molar-refractivity contribution in [1.82, 2.24) is 15.0 Å². The van der Waals surface area contributed by atoms with Gasteiger partial charge in [-0.15, -0.1) is 0 Å². The zero-order valence-electron chi connectivity index (χ0n) is 11.3. The van der Waals surface area contributed by atoms with Gasteiger partial charge >= 0.3 is 0 Å². The third-order valence-electron chi connectivity index (χ3n) is 2.80. The number of nitrogens with zero attached hydrogens (tertiary/aromatic N) is 3. The van der Waals surface area contributed by atoms with Gasteiger partial charge in [0.25, 0.3) is 0 Å². The van der Waals surface area contributed by atoms with E-state index in [1.165, 1.54) is 0 Å². The summed E-state index contributed by atoms with van der Waals surface area (Å²) in [5, 5.41) is 0.499. The van der Waals surface area contributed by atoms with Gasteiger partial charge in [0.15, 0.2) is 5.82 Å². The van der Waals surface area contributed by atoms with Crippen molar-refractivity contribution in [2.24, 2.45) is 0 Å². The summed E-state index contributed by atoms with van der Waals surface area (Å²) in [6.07, 6.45) is 3.54. The van der Waals surface area contributed by atoms with E-state index in [1.807, 2.05) is 13.0 Å². The summed E-state index contributed by atoms with van der Waals surface area (Å²) in [7, 11) is 0. The molecule has 2 aromatic rings. The molecule has 19 heavy (non-hydrogen) atoms. The molecule has 0 saturated carbocycles. The summed E-state index contributed by atoms with van der Waals surface area (Å²) >= 11 is 8.45. The lowest BCUT2D eigenvalue weighted by Crippen LogP contribution is -2.17. The first kappa shape index (κ1) is 14.7. The van der Waals surface area contributed by atoms with Gasteiger partial charge in [-0.2, -0.15) is 0 Å². The molecule has 3 nitrogen and oxygen atoms in total. The Kier molecular flexibility index (Phi) is 4.11. The van der Waals surface area contributed by atoms with Gasteiger partial charge < -0.3 is 0 Å². The lowest BCUT2D eigenvalue weighted by molar-refractivity contribution is 0.563. The maximum Gasteiger partial charge on any atom is 0.163 e. The van der Waals surface area contributed by atoms with Gasteiger partial charge in [-0.1, -0.05) is 32.4 Å². The summed E-state index contributed by atoms with van der Waals surface area (Å²) < 4.78 is 0.914. The Morgan fingerprint density at radius 3 is 2.47 bits per heavy atom. The number of aryl methyl sites for hydroxylation is 1. The van der Waals surface area contributed by atoms with Crippen LogP contribution in [0.2, 0.25) is 5.15 Å². The van der Waals surface area contributed by atoms with Crippen LogP contribution in [0, 0.1) is 10.5 Å². The van der Waals surface area contributed by atoms with E-state index in [-0.39, 0.29) is 5.41 Å². The number of aromatic nitrogens is 3. The molecule has 0 atom stereocenters. The maximum absolute atomic E-state index is 6.25. The molecule has 0 N–H and O–H groups in total. The number of halogens is 2. The van der Waals surface area contributed by atoms with Crippen LogP contribution in [0.25, 0.3) is 11.4 Å². The normalized spacial score (nSPS) is 11.7. The first-order valence-corrected chi connectivity index (χ1v) is 7.41. The van der Waals surface area contributed by atoms with Gasteiger partial charge in [0.05, 0.1) is 9.26 Å². The Hall–Kier alpha value is -0.750. The minimum atomic E-state index is -0.0754. The predicted molar refractivity (Wildman–Crippen MR) is 86.4 cm³/mol. The van der Waals surface area contributed by atoms with E-state index in [9.17, 15) is 0 Å². The molecule has 0 bridgehead atoms. The Balaban J connectivity index is 2.68. The fraction of sp³-hybridized carbons (Fsp3) is 0.357. The van der Waals surface area contributed by atoms with Gasteiger partial charge in [-0.05, 0) is 41.1 Å². The number of pyridine rings is 1. The van der Waals surface area contributed by atoms with Gasteiger partial charge in [-0.25, -0.2) is 9.97 Å². The monoisotopic (exact) mass is 387 g/mol. The largest absolute Gasteiger partial charge is 0.264 e. The quantitative estimate of drug-likeness (QED) is 0.538. The average molecular weight is 388 g/mol. The Morgan fingerprint density at radius 2 is 1.89 bits per heavy atom. The minimum absolute atomic E-state index is 0.0754. The van der Waals surface area contributed by atoms with E-state index < -0.39 is 0 Å². The molecule has 0 fully saturated rings. The van der Waals surface area contributed by atoms with E-state index in [4.69, 9.17) is 16.6 Å². The Bertz CT molecular complexity index is 621. The van der Waals surface area contributed by atoms with E-state index >= 15 is 0 Å². The maximum atomic E-state index is 6.25. The van der Waals surface area contributed by atoms with Crippen molar-refractivity contribution in [2.45, 2.75) is 33.1 Å². The summed E-state index contributed by atoms with van der Waals surface area (Å²) in [6.45, 7) is 8.37. The highest BCUT2D eigenvalue weighted by Gasteiger charge is 2.23. The highest BCUT2D eigenvalue weighted by atomic mass is 127. The molecule has 0 spiro atoms.